The molecule has 1 aliphatic rings. The van der Waals surface area contributed by atoms with Gasteiger partial charge in [-0.25, -0.2) is 4.98 Å². The van der Waals surface area contributed by atoms with Crippen molar-refractivity contribution in [2.45, 2.75) is 38.6 Å². The van der Waals surface area contributed by atoms with Crippen LogP contribution in [0.15, 0.2) is 48.5 Å². The molecule has 0 spiro atoms. The normalized spacial score (nSPS) is 15.1. The van der Waals surface area contributed by atoms with Crippen molar-refractivity contribution in [2.24, 2.45) is 0 Å². The van der Waals surface area contributed by atoms with Crippen molar-refractivity contribution in [3.63, 3.8) is 0 Å². The van der Waals surface area contributed by atoms with Crippen LogP contribution in [0.3, 0.4) is 0 Å². The Labute approximate surface area is 160 Å². The summed E-state index contributed by atoms with van der Waals surface area (Å²) in [6, 6.07) is 16.6. The monoisotopic (exact) mass is 367 g/mol. The fourth-order valence-electron chi connectivity index (χ4n) is 3.89. The second-order valence-corrected chi connectivity index (χ2v) is 7.67. The lowest BCUT2D eigenvalue weighted by Crippen LogP contribution is -2.20. The maximum atomic E-state index is 6.04. The minimum Gasteiger partial charge on any atom is -0.323 e. The molecule has 2 heterocycles. The summed E-state index contributed by atoms with van der Waals surface area (Å²) in [4.78, 5) is 7.51. The Morgan fingerprint density at radius 3 is 2.50 bits per heavy atom. The van der Waals surface area contributed by atoms with Crippen molar-refractivity contribution in [3.8, 4) is 0 Å². The number of halogens is 1. The van der Waals surface area contributed by atoms with E-state index in [-0.39, 0.29) is 0 Å². The summed E-state index contributed by atoms with van der Waals surface area (Å²) in [5.41, 5.74) is 3.57. The molecule has 1 fully saturated rings. The van der Waals surface area contributed by atoms with E-state index in [9.17, 15) is 0 Å². The summed E-state index contributed by atoms with van der Waals surface area (Å²) in [5, 5.41) is 0.784. The van der Waals surface area contributed by atoms with Gasteiger partial charge in [-0.15, -0.1) is 0 Å². The molecule has 0 saturated carbocycles. The number of unbranched alkanes of at least 4 members (excludes halogenated alkanes) is 1. The SMILES string of the molecule is Clc1ccc(Cn2c(CCCCN3CCCC3)nc3ccccc32)cc1. The largest absolute Gasteiger partial charge is 0.323 e. The maximum Gasteiger partial charge on any atom is 0.110 e. The van der Waals surface area contributed by atoms with E-state index in [0.717, 1.165) is 23.5 Å². The van der Waals surface area contributed by atoms with Crippen LogP contribution < -0.4 is 0 Å². The summed E-state index contributed by atoms with van der Waals surface area (Å²) in [7, 11) is 0. The zero-order valence-electron chi connectivity index (χ0n) is 15.2. The average molecular weight is 368 g/mol. The van der Waals surface area contributed by atoms with Gasteiger partial charge >= 0.3 is 0 Å². The predicted octanol–water partition coefficient (Wildman–Crippen LogP) is 5.16. The summed E-state index contributed by atoms with van der Waals surface area (Å²) < 4.78 is 2.37. The highest BCUT2D eigenvalue weighted by atomic mass is 35.5. The first-order chi connectivity index (χ1) is 12.8. The number of rotatable bonds is 7. The second kappa shape index (κ2) is 8.24. The number of fused-ring (bicyclic) bond motifs is 1. The van der Waals surface area contributed by atoms with Gasteiger partial charge in [0.25, 0.3) is 0 Å². The smallest absolute Gasteiger partial charge is 0.110 e. The number of benzene rings is 2. The van der Waals surface area contributed by atoms with Gasteiger partial charge in [-0.05, 0) is 75.1 Å². The van der Waals surface area contributed by atoms with Gasteiger partial charge in [-0.3, -0.25) is 0 Å². The van der Waals surface area contributed by atoms with Crippen LogP contribution in [0.1, 0.15) is 37.1 Å². The quantitative estimate of drug-likeness (QED) is 0.538. The van der Waals surface area contributed by atoms with Crippen molar-refractivity contribution in [2.75, 3.05) is 19.6 Å². The van der Waals surface area contributed by atoms with Gasteiger partial charge in [0.15, 0.2) is 0 Å². The van der Waals surface area contributed by atoms with E-state index in [0.29, 0.717) is 0 Å². The molecule has 1 saturated heterocycles. The highest BCUT2D eigenvalue weighted by molar-refractivity contribution is 6.30. The lowest BCUT2D eigenvalue weighted by Gasteiger charge is -2.14. The number of para-hydroxylation sites is 2. The first-order valence-corrected chi connectivity index (χ1v) is 10.1. The minimum atomic E-state index is 0.784. The molecule has 0 bridgehead atoms. The zero-order valence-corrected chi connectivity index (χ0v) is 16.0. The van der Waals surface area contributed by atoms with Gasteiger partial charge in [0.2, 0.25) is 0 Å². The number of imidazole rings is 1. The van der Waals surface area contributed by atoms with Crippen LogP contribution in [-0.2, 0) is 13.0 Å². The summed E-state index contributed by atoms with van der Waals surface area (Å²) in [6.07, 6.45) is 6.23. The maximum absolute atomic E-state index is 6.04. The second-order valence-electron chi connectivity index (χ2n) is 7.24. The highest BCUT2D eigenvalue weighted by Crippen LogP contribution is 2.20. The Hall–Kier alpha value is -1.84. The van der Waals surface area contributed by atoms with E-state index in [1.807, 2.05) is 12.1 Å². The van der Waals surface area contributed by atoms with Crippen molar-refractivity contribution < 1.29 is 0 Å². The van der Waals surface area contributed by atoms with E-state index in [1.165, 1.54) is 62.2 Å². The summed E-state index contributed by atoms with van der Waals surface area (Å²) >= 11 is 6.04. The molecule has 0 radical (unpaired) electrons. The number of aromatic nitrogens is 2. The molecule has 0 N–H and O–H groups in total. The van der Waals surface area contributed by atoms with Crippen LogP contribution in [0, 0.1) is 0 Å². The third kappa shape index (κ3) is 4.11. The van der Waals surface area contributed by atoms with Crippen molar-refractivity contribution in [1.29, 1.82) is 0 Å². The minimum absolute atomic E-state index is 0.784. The van der Waals surface area contributed by atoms with Gasteiger partial charge < -0.3 is 9.47 Å². The van der Waals surface area contributed by atoms with E-state index in [2.05, 4.69) is 45.9 Å². The Bertz CT molecular complexity index is 847. The van der Waals surface area contributed by atoms with Crippen molar-refractivity contribution in [1.82, 2.24) is 14.5 Å². The Morgan fingerprint density at radius 1 is 0.923 bits per heavy atom. The van der Waals surface area contributed by atoms with Crippen LogP contribution in [0.5, 0.6) is 0 Å². The lowest BCUT2D eigenvalue weighted by atomic mass is 10.2. The van der Waals surface area contributed by atoms with Crippen molar-refractivity contribution in [3.05, 3.63) is 64.9 Å². The summed E-state index contributed by atoms with van der Waals surface area (Å²) in [6.45, 7) is 4.65. The number of likely N-dealkylation sites (tertiary alicyclic amines) is 1. The molecule has 0 unspecified atom stereocenters. The molecule has 0 aliphatic carbocycles. The molecule has 2 aromatic carbocycles. The van der Waals surface area contributed by atoms with Crippen LogP contribution in [0.25, 0.3) is 11.0 Å². The predicted molar refractivity (Wildman–Crippen MR) is 109 cm³/mol. The molecule has 26 heavy (non-hydrogen) atoms. The van der Waals surface area contributed by atoms with E-state index >= 15 is 0 Å². The zero-order chi connectivity index (χ0) is 17.8. The molecule has 0 atom stereocenters. The molecule has 3 aromatic rings. The average Bonchev–Trinajstić information content (AvgIpc) is 3.29. The van der Waals surface area contributed by atoms with Gasteiger partial charge in [0.1, 0.15) is 5.82 Å². The first-order valence-electron chi connectivity index (χ1n) is 9.70. The molecule has 1 aliphatic heterocycles. The molecular weight excluding hydrogens is 342 g/mol. The van der Waals surface area contributed by atoms with E-state index in [1.54, 1.807) is 0 Å². The third-order valence-electron chi connectivity index (χ3n) is 5.31. The highest BCUT2D eigenvalue weighted by Gasteiger charge is 2.13. The fourth-order valence-corrected chi connectivity index (χ4v) is 4.02. The number of hydrogen-bond acceptors (Lipinski definition) is 2. The van der Waals surface area contributed by atoms with Crippen LogP contribution in [0.2, 0.25) is 5.02 Å². The molecular formula is C22H26ClN3. The Balaban J connectivity index is 1.48. The summed E-state index contributed by atoms with van der Waals surface area (Å²) in [5.74, 6) is 1.20. The molecule has 1 aromatic heterocycles. The van der Waals surface area contributed by atoms with E-state index < -0.39 is 0 Å². The third-order valence-corrected chi connectivity index (χ3v) is 5.56. The lowest BCUT2D eigenvalue weighted by molar-refractivity contribution is 0.329. The fraction of sp³-hybridized carbons (Fsp3) is 0.409. The van der Waals surface area contributed by atoms with Gasteiger partial charge in [-0.2, -0.15) is 0 Å². The number of nitrogens with zero attached hydrogens (tertiary/aromatic N) is 3. The van der Waals surface area contributed by atoms with Crippen molar-refractivity contribution >= 4 is 22.6 Å². The molecule has 3 nitrogen and oxygen atoms in total. The molecule has 4 heteroatoms. The van der Waals surface area contributed by atoms with E-state index in [4.69, 9.17) is 16.6 Å². The van der Waals surface area contributed by atoms with Crippen LogP contribution in [-0.4, -0.2) is 34.1 Å². The molecule has 136 valence electrons. The first kappa shape index (κ1) is 17.6. The van der Waals surface area contributed by atoms with Gasteiger partial charge in [0.05, 0.1) is 11.0 Å². The van der Waals surface area contributed by atoms with Crippen LogP contribution in [0.4, 0.5) is 0 Å². The molecule has 0 amide bonds. The van der Waals surface area contributed by atoms with Gasteiger partial charge in [0, 0.05) is 18.0 Å². The molecule has 4 rings (SSSR count). The van der Waals surface area contributed by atoms with Crippen LogP contribution >= 0.6 is 11.6 Å². The Morgan fingerprint density at radius 2 is 1.69 bits per heavy atom. The number of hydrogen-bond donors (Lipinski definition) is 0. The number of aryl methyl sites for hydroxylation is 1. The Kier molecular flexibility index (Phi) is 5.57. The standard InChI is InChI=1S/C22H26ClN3/c23-19-12-10-18(11-13-19)17-26-21-8-2-1-7-20(21)24-22(26)9-3-4-14-25-15-5-6-16-25/h1-2,7-8,10-13H,3-6,9,14-17H2. The van der Waals surface area contributed by atoms with Gasteiger partial charge in [-0.1, -0.05) is 35.9 Å². The topological polar surface area (TPSA) is 21.1 Å².